The lowest BCUT2D eigenvalue weighted by atomic mass is 10.1. The molecule has 0 aliphatic rings. The first-order chi connectivity index (χ1) is 13.5. The molecule has 3 amide bonds. The summed E-state index contributed by atoms with van der Waals surface area (Å²) in [6.07, 6.45) is -0.930. The highest BCUT2D eigenvalue weighted by Gasteiger charge is 2.22. The molecule has 0 saturated carbocycles. The molecular formula is C21H25FN2O5. The monoisotopic (exact) mass is 404 g/mol. The lowest BCUT2D eigenvalue weighted by Crippen LogP contribution is -2.50. The van der Waals surface area contributed by atoms with Crippen LogP contribution in [0.2, 0.25) is 0 Å². The van der Waals surface area contributed by atoms with Crippen LogP contribution in [0.5, 0.6) is 0 Å². The first-order valence-corrected chi connectivity index (χ1v) is 9.21. The van der Waals surface area contributed by atoms with Crippen molar-refractivity contribution < 1.29 is 27.9 Å². The van der Waals surface area contributed by atoms with E-state index in [0.29, 0.717) is 17.1 Å². The molecule has 2 N–H and O–H groups in total. The number of carbonyl (C=O) groups excluding carboxylic acids is 3. The number of imide groups is 1. The van der Waals surface area contributed by atoms with Crippen molar-refractivity contribution in [1.82, 2.24) is 10.6 Å². The first-order valence-electron chi connectivity index (χ1n) is 9.21. The molecule has 1 aromatic carbocycles. The van der Waals surface area contributed by atoms with E-state index < -0.39 is 35.4 Å². The number of hydrogen-bond donors (Lipinski definition) is 2. The van der Waals surface area contributed by atoms with Gasteiger partial charge in [0, 0.05) is 12.0 Å². The van der Waals surface area contributed by atoms with Gasteiger partial charge in [0.1, 0.15) is 17.3 Å². The Kier molecular flexibility index (Phi) is 7.14. The molecule has 7 nitrogen and oxygen atoms in total. The molecule has 2 aromatic rings. The lowest BCUT2D eigenvalue weighted by molar-refractivity contribution is -0.154. The summed E-state index contributed by atoms with van der Waals surface area (Å²) < 4.78 is 24.4. The lowest BCUT2D eigenvalue weighted by Gasteiger charge is -2.21. The Morgan fingerprint density at radius 1 is 1.14 bits per heavy atom. The van der Waals surface area contributed by atoms with Crippen molar-refractivity contribution in [2.75, 3.05) is 0 Å². The van der Waals surface area contributed by atoms with Gasteiger partial charge in [0.2, 0.25) is 0 Å². The second-order valence-electron chi connectivity index (χ2n) is 7.57. The normalized spacial score (nSPS) is 12.2. The topological polar surface area (TPSA) is 97.6 Å². The van der Waals surface area contributed by atoms with Crippen molar-refractivity contribution in [2.24, 2.45) is 0 Å². The number of halogens is 1. The van der Waals surface area contributed by atoms with E-state index in [1.54, 1.807) is 51.1 Å². The fourth-order valence-corrected chi connectivity index (χ4v) is 2.44. The molecule has 156 valence electrons. The number of hydrogen-bond acceptors (Lipinski definition) is 5. The quantitative estimate of drug-likeness (QED) is 0.718. The Morgan fingerprint density at radius 3 is 2.48 bits per heavy atom. The second-order valence-corrected chi connectivity index (χ2v) is 7.57. The second kappa shape index (κ2) is 9.36. The highest BCUT2D eigenvalue weighted by atomic mass is 19.1. The summed E-state index contributed by atoms with van der Waals surface area (Å²) in [5, 5.41) is 4.70. The SMILES string of the molecule is CC(OC(=O)CCc1ccc(-c2ccccc2F)o1)C(=O)NC(=O)NC(C)(C)C. The number of furan rings is 1. The van der Waals surface area contributed by atoms with E-state index in [1.807, 2.05) is 0 Å². The van der Waals surface area contributed by atoms with Gasteiger partial charge in [0.25, 0.3) is 5.91 Å². The summed E-state index contributed by atoms with van der Waals surface area (Å²) in [6, 6.07) is 8.84. The summed E-state index contributed by atoms with van der Waals surface area (Å²) >= 11 is 0. The van der Waals surface area contributed by atoms with Crippen LogP contribution in [0.15, 0.2) is 40.8 Å². The van der Waals surface area contributed by atoms with Crippen molar-refractivity contribution in [1.29, 1.82) is 0 Å². The molecule has 1 aromatic heterocycles. The van der Waals surface area contributed by atoms with Gasteiger partial charge < -0.3 is 14.5 Å². The average molecular weight is 404 g/mol. The molecule has 1 unspecified atom stereocenters. The van der Waals surface area contributed by atoms with Crippen molar-refractivity contribution >= 4 is 17.9 Å². The maximum absolute atomic E-state index is 13.8. The molecule has 0 bridgehead atoms. The number of nitrogens with one attached hydrogen (secondary N) is 2. The Labute approximate surface area is 168 Å². The number of ether oxygens (including phenoxy) is 1. The van der Waals surface area contributed by atoms with E-state index >= 15 is 0 Å². The smallest absolute Gasteiger partial charge is 0.321 e. The van der Waals surface area contributed by atoms with Crippen LogP contribution in [-0.2, 0) is 20.7 Å². The highest BCUT2D eigenvalue weighted by Crippen LogP contribution is 2.25. The number of amides is 3. The van der Waals surface area contributed by atoms with Crippen LogP contribution in [0.25, 0.3) is 11.3 Å². The summed E-state index contributed by atoms with van der Waals surface area (Å²) in [5.74, 6) is -0.887. The fraction of sp³-hybridized carbons (Fsp3) is 0.381. The number of urea groups is 1. The zero-order valence-corrected chi connectivity index (χ0v) is 16.9. The van der Waals surface area contributed by atoms with E-state index in [4.69, 9.17) is 9.15 Å². The molecule has 0 saturated heterocycles. The average Bonchev–Trinajstić information content (AvgIpc) is 3.07. The van der Waals surface area contributed by atoms with Crippen LogP contribution in [0.1, 0.15) is 39.9 Å². The molecule has 0 fully saturated rings. The molecular weight excluding hydrogens is 379 g/mol. The Hall–Kier alpha value is -3.16. The van der Waals surface area contributed by atoms with Crippen LogP contribution in [0.4, 0.5) is 9.18 Å². The number of aryl methyl sites for hydroxylation is 1. The molecule has 1 heterocycles. The molecule has 0 radical (unpaired) electrons. The minimum Gasteiger partial charge on any atom is -0.461 e. The molecule has 8 heteroatoms. The summed E-state index contributed by atoms with van der Waals surface area (Å²) in [7, 11) is 0. The zero-order valence-electron chi connectivity index (χ0n) is 16.9. The van der Waals surface area contributed by atoms with Crippen molar-refractivity contribution in [3.63, 3.8) is 0 Å². The van der Waals surface area contributed by atoms with Crippen LogP contribution in [0, 0.1) is 5.82 Å². The molecule has 0 aliphatic heterocycles. The fourth-order valence-electron chi connectivity index (χ4n) is 2.44. The maximum Gasteiger partial charge on any atom is 0.321 e. The van der Waals surface area contributed by atoms with Crippen LogP contribution >= 0.6 is 0 Å². The van der Waals surface area contributed by atoms with Gasteiger partial charge in [-0.15, -0.1) is 0 Å². The van der Waals surface area contributed by atoms with Gasteiger partial charge in [-0.2, -0.15) is 0 Å². The van der Waals surface area contributed by atoms with Gasteiger partial charge in [-0.25, -0.2) is 9.18 Å². The standard InChI is InChI=1S/C21H25FN2O5/c1-13(19(26)23-20(27)24-21(2,3)4)28-18(25)12-10-14-9-11-17(29-14)15-7-5-6-8-16(15)22/h5-9,11,13H,10,12H2,1-4H3,(H2,23,24,26,27). The molecule has 29 heavy (non-hydrogen) atoms. The number of benzene rings is 1. The summed E-state index contributed by atoms with van der Waals surface area (Å²) in [4.78, 5) is 35.6. The Balaban J connectivity index is 1.82. The third-order valence-electron chi connectivity index (χ3n) is 3.78. The zero-order chi connectivity index (χ0) is 21.6. The number of rotatable bonds is 6. The van der Waals surface area contributed by atoms with Gasteiger partial charge in [0.15, 0.2) is 6.10 Å². The Morgan fingerprint density at radius 2 is 1.83 bits per heavy atom. The van der Waals surface area contributed by atoms with Crippen LogP contribution in [-0.4, -0.2) is 29.6 Å². The van der Waals surface area contributed by atoms with Gasteiger partial charge >= 0.3 is 12.0 Å². The van der Waals surface area contributed by atoms with Crippen molar-refractivity contribution in [2.45, 2.75) is 52.2 Å². The largest absolute Gasteiger partial charge is 0.461 e. The van der Waals surface area contributed by atoms with E-state index in [1.165, 1.54) is 13.0 Å². The van der Waals surface area contributed by atoms with E-state index in [0.717, 1.165) is 0 Å². The third-order valence-corrected chi connectivity index (χ3v) is 3.78. The van der Waals surface area contributed by atoms with Gasteiger partial charge in [-0.05, 0) is 52.0 Å². The summed E-state index contributed by atoms with van der Waals surface area (Å²) in [6.45, 7) is 6.69. The van der Waals surface area contributed by atoms with Gasteiger partial charge in [-0.3, -0.25) is 14.9 Å². The maximum atomic E-state index is 13.8. The van der Waals surface area contributed by atoms with Crippen molar-refractivity contribution in [3.8, 4) is 11.3 Å². The number of carbonyl (C=O) groups is 3. The predicted molar refractivity (Wildman–Crippen MR) is 104 cm³/mol. The van der Waals surface area contributed by atoms with E-state index in [2.05, 4.69) is 10.6 Å². The van der Waals surface area contributed by atoms with E-state index in [-0.39, 0.29) is 12.8 Å². The first kappa shape index (κ1) is 22.1. The molecule has 1 atom stereocenters. The highest BCUT2D eigenvalue weighted by molar-refractivity contribution is 5.97. The van der Waals surface area contributed by atoms with Gasteiger partial charge in [-0.1, -0.05) is 12.1 Å². The predicted octanol–water partition coefficient (Wildman–Crippen LogP) is 3.57. The summed E-state index contributed by atoms with van der Waals surface area (Å²) in [5.41, 5.74) is -0.172. The Bertz CT molecular complexity index is 885. The molecule has 0 aliphatic carbocycles. The number of esters is 1. The van der Waals surface area contributed by atoms with Gasteiger partial charge in [0.05, 0.1) is 12.0 Å². The minimum atomic E-state index is -1.13. The van der Waals surface area contributed by atoms with Crippen LogP contribution < -0.4 is 10.6 Å². The van der Waals surface area contributed by atoms with Crippen molar-refractivity contribution in [3.05, 3.63) is 48.0 Å². The van der Waals surface area contributed by atoms with Crippen LogP contribution in [0.3, 0.4) is 0 Å². The molecule has 0 spiro atoms. The third kappa shape index (κ3) is 7.06. The minimum absolute atomic E-state index is 0.0317. The van der Waals surface area contributed by atoms with E-state index in [9.17, 15) is 18.8 Å². The molecule has 2 rings (SSSR count).